The van der Waals surface area contributed by atoms with Crippen LogP contribution in [0.1, 0.15) is 6.92 Å². The van der Waals surface area contributed by atoms with Crippen LogP contribution in [0.5, 0.6) is 5.75 Å². The van der Waals surface area contributed by atoms with Crippen molar-refractivity contribution in [1.82, 2.24) is 9.78 Å². The van der Waals surface area contributed by atoms with Crippen molar-refractivity contribution in [3.05, 3.63) is 38.6 Å². The highest BCUT2D eigenvalue weighted by Gasteiger charge is 2.10. The van der Waals surface area contributed by atoms with E-state index >= 15 is 0 Å². The lowest BCUT2D eigenvalue weighted by Gasteiger charge is -2.13. The Kier molecular flexibility index (Phi) is 4.63. The number of nitrogens with zero attached hydrogens (tertiary/aromatic N) is 2. The molecule has 0 aliphatic heterocycles. The van der Waals surface area contributed by atoms with Crippen molar-refractivity contribution in [3.8, 4) is 11.4 Å². The summed E-state index contributed by atoms with van der Waals surface area (Å²) in [4.78, 5) is 0. The molecule has 1 N–H and O–H groups in total. The number of rotatable bonds is 4. The van der Waals surface area contributed by atoms with Crippen LogP contribution in [0, 0.1) is 3.57 Å². The number of aromatic nitrogens is 2. The predicted molar refractivity (Wildman–Crippen MR) is 81.2 cm³/mol. The normalized spacial score (nSPS) is 12.4. The molecule has 0 fully saturated rings. The lowest BCUT2D eigenvalue weighted by atomic mass is 10.3. The summed E-state index contributed by atoms with van der Waals surface area (Å²) in [5.74, 6) is 0.696. The van der Waals surface area contributed by atoms with Gasteiger partial charge in [-0.2, -0.15) is 5.10 Å². The Morgan fingerprint density at radius 3 is 2.94 bits per heavy atom. The van der Waals surface area contributed by atoms with E-state index in [9.17, 15) is 5.11 Å². The molecule has 96 valence electrons. The Hall–Kier alpha value is -0.600. The molecule has 0 radical (unpaired) electrons. The van der Waals surface area contributed by atoms with Crippen molar-refractivity contribution in [2.45, 2.75) is 13.0 Å². The fraction of sp³-hybridized carbons (Fsp3) is 0.250. The van der Waals surface area contributed by atoms with Crippen molar-refractivity contribution >= 4 is 38.5 Å². The summed E-state index contributed by atoms with van der Waals surface area (Å²) in [5.41, 5.74) is 0.949. The highest BCUT2D eigenvalue weighted by atomic mass is 127. The molecule has 2 rings (SSSR count). The summed E-state index contributed by atoms with van der Waals surface area (Å²) >= 11 is 5.70. The highest BCUT2D eigenvalue weighted by Crippen LogP contribution is 2.31. The monoisotopic (exact) mass is 422 g/mol. The SMILES string of the molecule is CC(O)COc1cc(-n2cccn2)c(I)cc1Br. The molecule has 4 nitrogen and oxygen atoms in total. The summed E-state index contributed by atoms with van der Waals surface area (Å²) in [6, 6.07) is 5.74. The van der Waals surface area contributed by atoms with Gasteiger partial charge in [0, 0.05) is 22.0 Å². The predicted octanol–water partition coefficient (Wildman–Crippen LogP) is 3.00. The summed E-state index contributed by atoms with van der Waals surface area (Å²) in [7, 11) is 0. The van der Waals surface area contributed by atoms with Gasteiger partial charge in [0.15, 0.2) is 0 Å². The Labute approximate surface area is 127 Å². The minimum Gasteiger partial charge on any atom is -0.490 e. The van der Waals surface area contributed by atoms with Gasteiger partial charge in [-0.3, -0.25) is 0 Å². The fourth-order valence-electron chi connectivity index (χ4n) is 1.43. The van der Waals surface area contributed by atoms with E-state index in [0.29, 0.717) is 5.75 Å². The number of halogens is 2. The molecule has 2 aromatic rings. The zero-order chi connectivity index (χ0) is 13.1. The van der Waals surface area contributed by atoms with Crippen molar-refractivity contribution < 1.29 is 9.84 Å². The van der Waals surface area contributed by atoms with E-state index in [-0.39, 0.29) is 6.61 Å². The van der Waals surface area contributed by atoms with Crippen LogP contribution in [-0.2, 0) is 0 Å². The van der Waals surface area contributed by atoms with Gasteiger partial charge in [0.05, 0.1) is 16.3 Å². The molecule has 0 saturated carbocycles. The minimum atomic E-state index is -0.496. The van der Waals surface area contributed by atoms with E-state index < -0.39 is 6.10 Å². The number of hydrogen-bond acceptors (Lipinski definition) is 3. The maximum atomic E-state index is 9.25. The number of benzene rings is 1. The standard InChI is InChI=1S/C12H12BrIN2O2/c1-8(17)7-18-12-6-11(10(14)5-9(12)13)16-4-2-3-15-16/h2-6,8,17H,7H2,1H3. The fourth-order valence-corrected chi connectivity index (χ4v) is 3.03. The van der Waals surface area contributed by atoms with E-state index in [4.69, 9.17) is 4.74 Å². The molecular weight excluding hydrogens is 411 g/mol. The molecule has 6 heteroatoms. The van der Waals surface area contributed by atoms with Crippen molar-refractivity contribution in [1.29, 1.82) is 0 Å². The largest absolute Gasteiger partial charge is 0.490 e. The van der Waals surface area contributed by atoms with Crippen LogP contribution in [0.3, 0.4) is 0 Å². The maximum Gasteiger partial charge on any atom is 0.135 e. The van der Waals surface area contributed by atoms with Gasteiger partial charge >= 0.3 is 0 Å². The quantitative estimate of drug-likeness (QED) is 0.770. The van der Waals surface area contributed by atoms with E-state index in [1.165, 1.54) is 0 Å². The van der Waals surface area contributed by atoms with Gasteiger partial charge < -0.3 is 9.84 Å². The van der Waals surface area contributed by atoms with E-state index in [2.05, 4.69) is 43.6 Å². The summed E-state index contributed by atoms with van der Waals surface area (Å²) < 4.78 is 9.26. The highest BCUT2D eigenvalue weighted by molar-refractivity contribution is 14.1. The molecule has 0 spiro atoms. The first kappa shape index (κ1) is 13.8. The maximum absolute atomic E-state index is 9.25. The molecule has 1 atom stereocenters. The molecule has 1 heterocycles. The third-order valence-corrected chi connectivity index (χ3v) is 3.72. The van der Waals surface area contributed by atoms with Crippen LogP contribution >= 0.6 is 38.5 Å². The van der Waals surface area contributed by atoms with E-state index in [0.717, 1.165) is 13.7 Å². The van der Waals surface area contributed by atoms with Crippen LogP contribution in [0.15, 0.2) is 35.1 Å². The van der Waals surface area contributed by atoms with Crippen molar-refractivity contribution in [2.75, 3.05) is 6.61 Å². The second-order valence-electron chi connectivity index (χ2n) is 3.84. The first-order chi connectivity index (χ1) is 8.58. The molecule has 1 aromatic heterocycles. The number of hydrogen-bond donors (Lipinski definition) is 1. The molecule has 0 bridgehead atoms. The van der Waals surface area contributed by atoms with Crippen LogP contribution in [0.25, 0.3) is 5.69 Å². The van der Waals surface area contributed by atoms with E-state index in [1.807, 2.05) is 24.4 Å². The summed E-state index contributed by atoms with van der Waals surface area (Å²) in [6.45, 7) is 1.95. The number of aliphatic hydroxyl groups is 1. The van der Waals surface area contributed by atoms with Gasteiger partial charge in [0.1, 0.15) is 12.4 Å². The Bertz CT molecular complexity index is 529. The van der Waals surface area contributed by atoms with Crippen LogP contribution < -0.4 is 4.74 Å². The van der Waals surface area contributed by atoms with Crippen LogP contribution in [0.4, 0.5) is 0 Å². The molecule has 1 unspecified atom stereocenters. The first-order valence-electron chi connectivity index (χ1n) is 5.38. The van der Waals surface area contributed by atoms with E-state index in [1.54, 1.807) is 17.8 Å². The topological polar surface area (TPSA) is 47.3 Å². The van der Waals surface area contributed by atoms with Gasteiger partial charge in [0.25, 0.3) is 0 Å². The Balaban J connectivity index is 2.34. The third kappa shape index (κ3) is 3.24. The van der Waals surface area contributed by atoms with Crippen LogP contribution in [0.2, 0.25) is 0 Å². The van der Waals surface area contributed by atoms with Crippen molar-refractivity contribution in [3.63, 3.8) is 0 Å². The second kappa shape index (κ2) is 6.03. The zero-order valence-electron chi connectivity index (χ0n) is 9.68. The summed E-state index contributed by atoms with van der Waals surface area (Å²) in [5, 5.41) is 13.5. The Morgan fingerprint density at radius 1 is 1.56 bits per heavy atom. The molecule has 0 saturated heterocycles. The van der Waals surface area contributed by atoms with Gasteiger partial charge in [-0.15, -0.1) is 0 Å². The number of ether oxygens (including phenoxy) is 1. The average molecular weight is 423 g/mol. The van der Waals surface area contributed by atoms with Gasteiger partial charge in [-0.25, -0.2) is 4.68 Å². The van der Waals surface area contributed by atoms with Gasteiger partial charge in [0.2, 0.25) is 0 Å². The smallest absolute Gasteiger partial charge is 0.135 e. The average Bonchev–Trinajstić information content (AvgIpc) is 2.81. The van der Waals surface area contributed by atoms with Gasteiger partial charge in [-0.1, -0.05) is 0 Å². The lowest BCUT2D eigenvalue weighted by Crippen LogP contribution is -2.13. The van der Waals surface area contributed by atoms with Crippen LogP contribution in [-0.4, -0.2) is 27.6 Å². The molecular formula is C12H12BrIN2O2. The first-order valence-corrected chi connectivity index (χ1v) is 7.25. The molecule has 0 aliphatic rings. The summed E-state index contributed by atoms with van der Waals surface area (Å²) in [6.07, 6.45) is 3.11. The lowest BCUT2D eigenvalue weighted by molar-refractivity contribution is 0.122. The molecule has 18 heavy (non-hydrogen) atoms. The minimum absolute atomic E-state index is 0.262. The third-order valence-electron chi connectivity index (χ3n) is 2.23. The van der Waals surface area contributed by atoms with Gasteiger partial charge in [-0.05, 0) is 57.6 Å². The molecule has 0 aliphatic carbocycles. The Morgan fingerprint density at radius 2 is 2.33 bits per heavy atom. The molecule has 1 aromatic carbocycles. The number of aliphatic hydroxyl groups excluding tert-OH is 1. The van der Waals surface area contributed by atoms with Crippen molar-refractivity contribution in [2.24, 2.45) is 0 Å². The zero-order valence-corrected chi connectivity index (χ0v) is 13.4. The molecule has 0 amide bonds. The second-order valence-corrected chi connectivity index (χ2v) is 5.86.